The van der Waals surface area contributed by atoms with E-state index >= 15 is 0 Å². The Morgan fingerprint density at radius 1 is 0.500 bits per heavy atom. The van der Waals surface area contributed by atoms with Crippen LogP contribution in [0.4, 0.5) is 0 Å². The van der Waals surface area contributed by atoms with Crippen LogP contribution in [-0.2, 0) is 17.7 Å². The lowest BCUT2D eigenvalue weighted by Crippen LogP contribution is -2.54. The van der Waals surface area contributed by atoms with Gasteiger partial charge in [0.2, 0.25) is 0 Å². The zero-order valence-corrected chi connectivity index (χ0v) is 26.0. The second-order valence-corrected chi connectivity index (χ2v) is 16.0. The second-order valence-electron chi connectivity index (χ2n) is 9.45. The molecule has 0 aromatic rings. The van der Waals surface area contributed by atoms with Crippen molar-refractivity contribution in [2.75, 3.05) is 26.4 Å². The number of hydrogen-bond acceptors (Lipinski definition) is 4. The molecule has 0 bridgehead atoms. The van der Waals surface area contributed by atoms with Gasteiger partial charge < -0.3 is 17.7 Å². The minimum absolute atomic E-state index is 0.223. The Balaban J connectivity index is 6.30. The highest BCUT2D eigenvalue weighted by atomic mass is 28.4. The van der Waals surface area contributed by atoms with Gasteiger partial charge in [-0.15, -0.1) is 0 Å². The smallest absolute Gasteiger partial charge is 0.367 e. The highest BCUT2D eigenvalue weighted by Crippen LogP contribution is 2.44. The van der Waals surface area contributed by atoms with E-state index in [1.54, 1.807) is 0 Å². The third-order valence-corrected chi connectivity index (χ3v) is 14.4. The summed E-state index contributed by atoms with van der Waals surface area (Å²) in [7, 11) is -5.28. The van der Waals surface area contributed by atoms with Crippen molar-refractivity contribution >= 4 is 17.1 Å². The molecular weight excluding hydrogens is 456 g/mol. The van der Waals surface area contributed by atoms with Crippen LogP contribution in [0.25, 0.3) is 0 Å². The lowest BCUT2D eigenvalue weighted by molar-refractivity contribution is 0.147. The Morgan fingerprint density at radius 3 is 0.971 bits per heavy atom. The third-order valence-electron chi connectivity index (χ3n) is 6.49. The van der Waals surface area contributed by atoms with Crippen molar-refractivity contribution in [3.05, 3.63) is 23.6 Å². The number of allylic oxidation sites excluding steroid dienone is 2. The van der Waals surface area contributed by atoms with Gasteiger partial charge in [0, 0.05) is 37.5 Å². The van der Waals surface area contributed by atoms with Crippen LogP contribution in [0.5, 0.6) is 0 Å². The summed E-state index contributed by atoms with van der Waals surface area (Å²) in [6.07, 6.45) is 15.2. The number of hydrogen-bond donors (Lipinski definition) is 0. The van der Waals surface area contributed by atoms with E-state index in [0.29, 0.717) is 0 Å². The van der Waals surface area contributed by atoms with Gasteiger partial charge in [-0.25, -0.2) is 0 Å². The summed E-state index contributed by atoms with van der Waals surface area (Å²) in [5.74, 6) is 0. The van der Waals surface area contributed by atoms with Crippen LogP contribution < -0.4 is 0 Å². The van der Waals surface area contributed by atoms with Crippen molar-refractivity contribution in [3.63, 3.8) is 0 Å². The van der Waals surface area contributed by atoms with E-state index in [9.17, 15) is 0 Å². The van der Waals surface area contributed by atoms with Crippen LogP contribution in [-0.4, -0.2) is 43.5 Å². The highest BCUT2D eigenvalue weighted by molar-refractivity contribution is 6.80. The van der Waals surface area contributed by atoms with Crippen molar-refractivity contribution in [2.24, 2.45) is 0 Å². The van der Waals surface area contributed by atoms with Crippen LogP contribution in [0.15, 0.2) is 23.6 Å². The van der Waals surface area contributed by atoms with Gasteiger partial charge in [0.05, 0.1) is 0 Å². The molecular formula is C28H58O4Si2. The summed E-state index contributed by atoms with van der Waals surface area (Å²) in [6, 6.07) is 0. The molecule has 0 aromatic heterocycles. The first-order valence-electron chi connectivity index (χ1n) is 14.3. The molecule has 0 fully saturated rings. The van der Waals surface area contributed by atoms with Crippen LogP contribution >= 0.6 is 0 Å². The Bertz CT molecular complexity index is 459. The Kier molecular flexibility index (Phi) is 20.7. The van der Waals surface area contributed by atoms with Crippen LogP contribution in [0, 0.1) is 0 Å². The topological polar surface area (TPSA) is 36.9 Å². The highest BCUT2D eigenvalue weighted by Gasteiger charge is 2.53. The van der Waals surface area contributed by atoms with Crippen LogP contribution in [0.3, 0.4) is 0 Å². The van der Waals surface area contributed by atoms with Crippen molar-refractivity contribution < 1.29 is 17.7 Å². The molecule has 0 saturated heterocycles. The Labute approximate surface area is 215 Å². The number of unbranched alkanes of at least 4 members (excludes halogenated alkanes) is 4. The van der Waals surface area contributed by atoms with Crippen molar-refractivity contribution in [3.8, 4) is 0 Å². The predicted octanol–water partition coefficient (Wildman–Crippen LogP) is 8.93. The first kappa shape index (κ1) is 33.8. The van der Waals surface area contributed by atoms with Gasteiger partial charge in [0.1, 0.15) is 0 Å². The van der Waals surface area contributed by atoms with E-state index in [2.05, 4.69) is 78.9 Å². The first-order chi connectivity index (χ1) is 16.4. The molecule has 0 N–H and O–H groups in total. The van der Waals surface area contributed by atoms with Gasteiger partial charge in [-0.2, -0.15) is 0 Å². The van der Waals surface area contributed by atoms with E-state index in [1.165, 1.54) is 0 Å². The van der Waals surface area contributed by atoms with Gasteiger partial charge in [0.25, 0.3) is 0 Å². The quantitative estimate of drug-likeness (QED) is 0.101. The summed E-state index contributed by atoms with van der Waals surface area (Å²) >= 11 is 0. The fourth-order valence-corrected chi connectivity index (χ4v) is 11.9. The molecule has 0 saturated carbocycles. The molecule has 0 aromatic carbocycles. The first-order valence-corrected chi connectivity index (χ1v) is 18.3. The molecule has 0 spiro atoms. The predicted molar refractivity (Wildman–Crippen MR) is 153 cm³/mol. The normalized spacial score (nSPS) is 14.9. The van der Waals surface area contributed by atoms with E-state index in [0.717, 1.165) is 90.6 Å². The SMILES string of the molecule is CCC=C[Si](OCCCC)(OCCCC)C(C)C(C)[Si](C=CCC)(OCCCC)OCCCC. The van der Waals surface area contributed by atoms with E-state index in [1.807, 2.05) is 0 Å². The molecule has 2 unspecified atom stereocenters. The van der Waals surface area contributed by atoms with Gasteiger partial charge in [-0.05, 0) is 49.9 Å². The lowest BCUT2D eigenvalue weighted by atomic mass is 10.3. The summed E-state index contributed by atoms with van der Waals surface area (Å²) in [4.78, 5) is 0. The molecule has 0 amide bonds. The lowest BCUT2D eigenvalue weighted by Gasteiger charge is -2.42. The van der Waals surface area contributed by atoms with Gasteiger partial charge >= 0.3 is 17.1 Å². The van der Waals surface area contributed by atoms with E-state index < -0.39 is 17.1 Å². The monoisotopic (exact) mass is 514 g/mol. The average Bonchev–Trinajstić information content (AvgIpc) is 2.84. The maximum absolute atomic E-state index is 6.77. The summed E-state index contributed by atoms with van der Waals surface area (Å²) in [5, 5.41) is 0. The molecule has 6 heteroatoms. The molecule has 0 aliphatic carbocycles. The average molecular weight is 515 g/mol. The molecule has 0 aliphatic heterocycles. The molecule has 34 heavy (non-hydrogen) atoms. The van der Waals surface area contributed by atoms with E-state index in [4.69, 9.17) is 17.7 Å². The van der Waals surface area contributed by atoms with Crippen molar-refractivity contribution in [2.45, 2.75) is 131 Å². The molecule has 202 valence electrons. The maximum atomic E-state index is 6.77. The van der Waals surface area contributed by atoms with Crippen molar-refractivity contribution in [1.29, 1.82) is 0 Å². The summed E-state index contributed by atoms with van der Waals surface area (Å²) < 4.78 is 27.1. The molecule has 0 heterocycles. The standard InChI is InChI=1S/C28H58O4Si2/c1-9-15-21-29-33(25-19-13-5,30-22-16-10-2)27(7)28(8)34(26-20-14-6,31-23-17-11-3)32-24-18-12-4/h19-20,25-28H,9-18,21-24H2,1-8H3. The van der Waals surface area contributed by atoms with Gasteiger partial charge in [0.15, 0.2) is 0 Å². The second kappa shape index (κ2) is 20.9. The minimum Gasteiger partial charge on any atom is -0.391 e. The maximum Gasteiger partial charge on any atom is 0.367 e. The molecule has 0 radical (unpaired) electrons. The fourth-order valence-electron chi connectivity index (χ4n) is 3.87. The molecule has 0 aliphatic rings. The third kappa shape index (κ3) is 12.1. The largest absolute Gasteiger partial charge is 0.391 e. The summed E-state index contributed by atoms with van der Waals surface area (Å²) in [6.45, 7) is 20.9. The zero-order valence-electron chi connectivity index (χ0n) is 24.0. The molecule has 0 rings (SSSR count). The minimum atomic E-state index is -2.64. The Hall–Kier alpha value is -0.246. The van der Waals surface area contributed by atoms with Crippen LogP contribution in [0.1, 0.15) is 120 Å². The Morgan fingerprint density at radius 2 is 0.765 bits per heavy atom. The summed E-state index contributed by atoms with van der Waals surface area (Å²) in [5.41, 5.74) is 5.08. The fraction of sp³-hybridized carbons (Fsp3) is 0.857. The van der Waals surface area contributed by atoms with Gasteiger partial charge in [-0.1, -0.05) is 93.2 Å². The molecule has 4 nitrogen and oxygen atoms in total. The van der Waals surface area contributed by atoms with Gasteiger partial charge in [-0.3, -0.25) is 0 Å². The number of rotatable bonds is 23. The van der Waals surface area contributed by atoms with E-state index in [-0.39, 0.29) is 11.1 Å². The van der Waals surface area contributed by atoms with Crippen LogP contribution in [0.2, 0.25) is 11.1 Å². The molecule has 2 atom stereocenters. The van der Waals surface area contributed by atoms with Crippen molar-refractivity contribution in [1.82, 2.24) is 0 Å². The zero-order chi connectivity index (χ0) is 25.7.